The van der Waals surface area contributed by atoms with E-state index >= 15 is 0 Å². The number of sulfonamides is 1. The Morgan fingerprint density at radius 2 is 1.83 bits per heavy atom. The number of aryl methyl sites for hydroxylation is 1. The summed E-state index contributed by atoms with van der Waals surface area (Å²) in [5.74, 6) is -1.06. The number of nitrogens with one attached hydrogen (secondary N) is 1. The number of carbonyl (C=O) groups is 1. The summed E-state index contributed by atoms with van der Waals surface area (Å²) < 4.78 is 32.8. The Morgan fingerprint density at radius 3 is 2.35 bits per heavy atom. The van der Waals surface area contributed by atoms with Crippen LogP contribution in [0.25, 0.3) is 0 Å². The third-order valence-electron chi connectivity index (χ3n) is 3.10. The Balaban J connectivity index is 2.43. The lowest BCUT2D eigenvalue weighted by Gasteiger charge is -2.13. The third kappa shape index (κ3) is 3.94. The Morgan fingerprint density at radius 1 is 1.22 bits per heavy atom. The van der Waals surface area contributed by atoms with Crippen LogP contribution < -0.4 is 9.46 Å². The predicted molar refractivity (Wildman–Crippen MR) is 94.7 cm³/mol. The fraction of sp³-hybridized carbons (Fsp3) is 0.133. The van der Waals surface area contributed by atoms with Crippen molar-refractivity contribution in [3.05, 3.63) is 51.1 Å². The molecule has 2 rings (SSSR count). The average Bonchev–Trinajstić information content (AvgIpc) is 2.49. The molecule has 0 saturated heterocycles. The van der Waals surface area contributed by atoms with Crippen molar-refractivity contribution in [3.8, 4) is 5.75 Å². The molecule has 2 aromatic carbocycles. The van der Waals surface area contributed by atoms with E-state index < -0.39 is 16.0 Å². The van der Waals surface area contributed by atoms with E-state index in [1.165, 1.54) is 31.4 Å². The van der Waals surface area contributed by atoms with E-state index in [9.17, 15) is 13.2 Å². The van der Waals surface area contributed by atoms with Gasteiger partial charge in [-0.05, 0) is 47.7 Å². The van der Waals surface area contributed by atoms with Crippen LogP contribution >= 0.6 is 22.6 Å². The highest BCUT2D eigenvalue weighted by Gasteiger charge is 2.19. The van der Waals surface area contributed by atoms with Crippen LogP contribution in [0, 0.1) is 10.5 Å². The second-order valence-electron chi connectivity index (χ2n) is 4.76. The maximum absolute atomic E-state index is 12.4. The maximum atomic E-state index is 12.4. The van der Waals surface area contributed by atoms with Gasteiger partial charge in [-0.2, -0.15) is 0 Å². The fourth-order valence-corrected chi connectivity index (χ4v) is 3.74. The van der Waals surface area contributed by atoms with Gasteiger partial charge >= 0.3 is 5.97 Å². The van der Waals surface area contributed by atoms with Gasteiger partial charge in [0.05, 0.1) is 17.7 Å². The summed E-state index contributed by atoms with van der Waals surface area (Å²) in [4.78, 5) is 11.3. The summed E-state index contributed by atoms with van der Waals surface area (Å²) in [6, 6.07) is 9.13. The highest BCUT2D eigenvalue weighted by Crippen LogP contribution is 2.30. The number of ether oxygens (including phenoxy) is 1. The minimum Gasteiger partial charge on any atom is -0.496 e. The van der Waals surface area contributed by atoms with Crippen LogP contribution in [-0.2, 0) is 10.0 Å². The lowest BCUT2D eigenvalue weighted by Crippen LogP contribution is -2.14. The highest BCUT2D eigenvalue weighted by molar-refractivity contribution is 14.1. The summed E-state index contributed by atoms with van der Waals surface area (Å²) >= 11 is 1.87. The van der Waals surface area contributed by atoms with Crippen LogP contribution in [-0.4, -0.2) is 26.6 Å². The summed E-state index contributed by atoms with van der Waals surface area (Å²) in [6.45, 7) is 1.86. The van der Waals surface area contributed by atoms with E-state index in [2.05, 4.69) is 4.72 Å². The number of aromatic carboxylic acids is 1. The van der Waals surface area contributed by atoms with E-state index in [0.717, 1.165) is 5.56 Å². The zero-order valence-corrected chi connectivity index (χ0v) is 15.3. The fourth-order valence-electron chi connectivity index (χ4n) is 1.89. The van der Waals surface area contributed by atoms with Crippen LogP contribution in [0.5, 0.6) is 5.75 Å². The zero-order valence-electron chi connectivity index (χ0n) is 12.3. The molecule has 0 bridgehead atoms. The van der Waals surface area contributed by atoms with Gasteiger partial charge in [0.15, 0.2) is 0 Å². The van der Waals surface area contributed by atoms with Crippen LogP contribution in [0.1, 0.15) is 15.9 Å². The van der Waals surface area contributed by atoms with Gasteiger partial charge in [-0.15, -0.1) is 0 Å². The SMILES string of the molecule is COc1cc(NS(=O)(=O)c2ccc(C)cc2)c(I)cc1C(=O)O. The van der Waals surface area contributed by atoms with Crippen molar-refractivity contribution >= 4 is 44.3 Å². The molecule has 0 spiro atoms. The smallest absolute Gasteiger partial charge is 0.339 e. The molecule has 0 aliphatic carbocycles. The number of hydrogen-bond donors (Lipinski definition) is 2. The van der Waals surface area contributed by atoms with Crippen molar-refractivity contribution in [3.63, 3.8) is 0 Å². The number of rotatable bonds is 5. The molecule has 0 aromatic heterocycles. The van der Waals surface area contributed by atoms with Gasteiger partial charge in [0, 0.05) is 9.64 Å². The molecule has 6 nitrogen and oxygen atoms in total. The first-order valence-electron chi connectivity index (χ1n) is 6.45. The van der Waals surface area contributed by atoms with E-state index in [1.807, 2.05) is 29.5 Å². The summed E-state index contributed by atoms with van der Waals surface area (Å²) in [5, 5.41) is 9.13. The first kappa shape index (κ1) is 17.5. The molecule has 122 valence electrons. The Labute approximate surface area is 147 Å². The molecule has 2 aromatic rings. The molecular weight excluding hydrogens is 433 g/mol. The normalized spacial score (nSPS) is 11.1. The van der Waals surface area contributed by atoms with Crippen molar-refractivity contribution in [2.75, 3.05) is 11.8 Å². The maximum Gasteiger partial charge on any atom is 0.339 e. The van der Waals surface area contributed by atoms with E-state index in [-0.39, 0.29) is 21.9 Å². The van der Waals surface area contributed by atoms with E-state index in [0.29, 0.717) is 3.57 Å². The third-order valence-corrected chi connectivity index (χ3v) is 5.37. The second kappa shape index (κ2) is 6.75. The van der Waals surface area contributed by atoms with Gasteiger partial charge < -0.3 is 9.84 Å². The molecule has 2 N–H and O–H groups in total. The number of halogens is 1. The van der Waals surface area contributed by atoms with E-state index in [1.54, 1.807) is 12.1 Å². The summed E-state index contributed by atoms with van der Waals surface area (Å²) in [6.07, 6.45) is 0. The Bertz CT molecular complexity index is 847. The number of anilines is 1. The van der Waals surface area contributed by atoms with Gasteiger partial charge in [0.1, 0.15) is 11.3 Å². The molecule has 0 heterocycles. The average molecular weight is 447 g/mol. The molecule has 0 fully saturated rings. The second-order valence-corrected chi connectivity index (χ2v) is 7.60. The van der Waals surface area contributed by atoms with Crippen LogP contribution in [0.15, 0.2) is 41.3 Å². The molecule has 0 aliphatic rings. The molecule has 0 amide bonds. The first-order valence-corrected chi connectivity index (χ1v) is 9.01. The molecular formula is C15H14INO5S. The predicted octanol–water partition coefficient (Wildman–Crippen LogP) is 3.11. The molecule has 0 aliphatic heterocycles. The van der Waals surface area contributed by atoms with Gasteiger partial charge in [-0.3, -0.25) is 4.72 Å². The van der Waals surface area contributed by atoms with Gasteiger partial charge in [-0.25, -0.2) is 13.2 Å². The molecule has 8 heteroatoms. The summed E-state index contributed by atoms with van der Waals surface area (Å²) in [7, 11) is -2.44. The quantitative estimate of drug-likeness (QED) is 0.688. The highest BCUT2D eigenvalue weighted by atomic mass is 127. The minimum absolute atomic E-state index is 0.0322. The molecule has 0 saturated carbocycles. The van der Waals surface area contributed by atoms with Crippen molar-refractivity contribution in [1.29, 1.82) is 0 Å². The van der Waals surface area contributed by atoms with Crippen molar-refractivity contribution in [1.82, 2.24) is 0 Å². The Kier molecular flexibility index (Phi) is 5.15. The van der Waals surface area contributed by atoms with Gasteiger partial charge in [-0.1, -0.05) is 17.7 Å². The number of carboxylic acid groups (broad SMARTS) is 1. The molecule has 0 radical (unpaired) electrons. The lowest BCUT2D eigenvalue weighted by molar-refractivity contribution is 0.0693. The number of benzene rings is 2. The van der Waals surface area contributed by atoms with Crippen LogP contribution in [0.4, 0.5) is 5.69 Å². The number of hydrogen-bond acceptors (Lipinski definition) is 4. The minimum atomic E-state index is -3.77. The van der Waals surface area contributed by atoms with Gasteiger partial charge in [0.2, 0.25) is 0 Å². The standard InChI is InChI=1S/C15H14INO5S/c1-9-3-5-10(6-4-9)23(20,21)17-13-8-14(22-2)11(15(18)19)7-12(13)16/h3-8,17H,1-2H3,(H,18,19). The summed E-state index contributed by atoms with van der Waals surface area (Å²) in [5.41, 5.74) is 1.18. The number of methoxy groups -OCH3 is 1. The number of carboxylic acids is 1. The first-order chi connectivity index (χ1) is 10.7. The Hall–Kier alpha value is -1.81. The topological polar surface area (TPSA) is 92.7 Å². The van der Waals surface area contributed by atoms with Crippen LogP contribution in [0.2, 0.25) is 0 Å². The molecule has 0 atom stereocenters. The van der Waals surface area contributed by atoms with Gasteiger partial charge in [0.25, 0.3) is 10.0 Å². The van der Waals surface area contributed by atoms with Crippen molar-refractivity contribution in [2.45, 2.75) is 11.8 Å². The zero-order chi connectivity index (χ0) is 17.2. The molecule has 23 heavy (non-hydrogen) atoms. The largest absolute Gasteiger partial charge is 0.496 e. The van der Waals surface area contributed by atoms with Crippen LogP contribution in [0.3, 0.4) is 0 Å². The molecule has 0 unspecified atom stereocenters. The lowest BCUT2D eigenvalue weighted by atomic mass is 10.2. The van der Waals surface area contributed by atoms with E-state index in [4.69, 9.17) is 9.84 Å². The monoisotopic (exact) mass is 447 g/mol. The van der Waals surface area contributed by atoms with Crippen molar-refractivity contribution in [2.24, 2.45) is 0 Å². The van der Waals surface area contributed by atoms with Crippen molar-refractivity contribution < 1.29 is 23.1 Å².